The van der Waals surface area contributed by atoms with E-state index >= 15 is 0 Å². The molecule has 13 heteroatoms. The molecule has 2 aromatic rings. The van der Waals surface area contributed by atoms with Crippen LogP contribution in [0, 0.1) is 15.9 Å². The Kier molecular flexibility index (Phi) is 4.25. The number of rotatable bonds is 2. The minimum atomic E-state index is -4.93. The van der Waals surface area contributed by atoms with Crippen molar-refractivity contribution in [2.45, 2.75) is 19.2 Å². The van der Waals surface area contributed by atoms with Gasteiger partial charge in [0, 0.05) is 13.1 Å². The van der Waals surface area contributed by atoms with Gasteiger partial charge in [0.05, 0.1) is 9.95 Å². The third-order valence-corrected chi connectivity index (χ3v) is 4.17. The third kappa shape index (κ3) is 2.95. The maximum absolute atomic E-state index is 14.6. The maximum atomic E-state index is 14.6. The molecule has 1 aromatic heterocycles. The number of nitro benzene ring substituents is 1. The van der Waals surface area contributed by atoms with Gasteiger partial charge >= 0.3 is 11.9 Å². The molecule has 8 nitrogen and oxygen atoms in total. The summed E-state index contributed by atoms with van der Waals surface area (Å²) in [6.07, 6.45) is -5.97. The highest BCUT2D eigenvalue weighted by Crippen LogP contribution is 2.48. The number of benzene rings is 1. The lowest BCUT2D eigenvalue weighted by atomic mass is 10.0. The van der Waals surface area contributed by atoms with Gasteiger partial charge in [0.25, 0.3) is 5.91 Å². The summed E-state index contributed by atoms with van der Waals surface area (Å²) in [5.41, 5.74) is -4.59. The van der Waals surface area contributed by atoms with Crippen LogP contribution in [0.3, 0.4) is 0 Å². The van der Waals surface area contributed by atoms with Crippen LogP contribution in [-0.2, 0) is 18.0 Å². The molecule has 2 heterocycles. The summed E-state index contributed by atoms with van der Waals surface area (Å²) in [6.45, 7) is 1.33. The lowest BCUT2D eigenvalue weighted by Crippen LogP contribution is -2.34. The number of hydrogen-bond acceptors (Lipinski definition) is 5. The zero-order valence-electron chi connectivity index (χ0n) is 13.5. The SMILES string of the molecule is C[C@H]1Oc2cc(F)c(-c3nn(C)c(C(F)(F)F)c3Cl)c([N+](=O)[O-])c2NC1=O. The molecule has 0 bridgehead atoms. The van der Waals surface area contributed by atoms with Crippen molar-refractivity contribution in [3.8, 4) is 17.0 Å². The van der Waals surface area contributed by atoms with Crippen LogP contribution in [0.1, 0.15) is 12.6 Å². The maximum Gasteiger partial charge on any atom is 0.434 e. The number of fused-ring (bicyclic) bond motifs is 1. The number of carbonyl (C=O) groups excluding carboxylic acids is 1. The Hall–Kier alpha value is -2.89. The van der Waals surface area contributed by atoms with Gasteiger partial charge in [0.15, 0.2) is 23.2 Å². The molecular formula is C14H9ClF4N4O4. The van der Waals surface area contributed by atoms with E-state index in [4.69, 9.17) is 16.3 Å². The molecule has 0 aliphatic carbocycles. The van der Waals surface area contributed by atoms with Gasteiger partial charge in [-0.3, -0.25) is 19.6 Å². The standard InChI is InChI=1S/C14H9ClF4N4O4/c1-4-13(24)20-9-6(27-4)3-5(16)7(11(9)23(25)26)10-8(15)12(14(17,18)19)22(2)21-10/h3-4H,1-2H3,(H,20,24)/t4-/m1/s1. The average molecular weight is 409 g/mol. The minimum Gasteiger partial charge on any atom is -0.478 e. The molecule has 1 amide bonds. The van der Waals surface area contributed by atoms with E-state index in [0.29, 0.717) is 10.7 Å². The van der Waals surface area contributed by atoms with Crippen LogP contribution in [0.25, 0.3) is 11.3 Å². The van der Waals surface area contributed by atoms with Crippen molar-refractivity contribution in [1.29, 1.82) is 0 Å². The Balaban J connectivity index is 2.35. The number of aryl methyl sites for hydroxylation is 1. The van der Waals surface area contributed by atoms with Crippen molar-refractivity contribution < 1.29 is 32.0 Å². The van der Waals surface area contributed by atoms with Crippen molar-refractivity contribution in [3.63, 3.8) is 0 Å². The minimum absolute atomic E-state index is 0.335. The summed E-state index contributed by atoms with van der Waals surface area (Å²) in [5.74, 6) is -2.36. The molecule has 0 spiro atoms. The van der Waals surface area contributed by atoms with Crippen molar-refractivity contribution in [2.24, 2.45) is 7.05 Å². The lowest BCUT2D eigenvalue weighted by molar-refractivity contribution is -0.383. The van der Waals surface area contributed by atoms with Crippen LogP contribution >= 0.6 is 11.6 Å². The van der Waals surface area contributed by atoms with Crippen LogP contribution < -0.4 is 10.1 Å². The molecule has 0 radical (unpaired) electrons. The molecule has 3 rings (SSSR count). The zero-order chi connectivity index (χ0) is 20.3. The quantitative estimate of drug-likeness (QED) is 0.465. The second kappa shape index (κ2) is 6.08. The molecule has 144 valence electrons. The summed E-state index contributed by atoms with van der Waals surface area (Å²) in [5, 5.41) is 16.2. The molecular weight excluding hydrogens is 400 g/mol. The Bertz CT molecular complexity index is 989. The molecule has 27 heavy (non-hydrogen) atoms. The van der Waals surface area contributed by atoms with Crippen molar-refractivity contribution in [2.75, 3.05) is 5.32 Å². The van der Waals surface area contributed by atoms with Gasteiger partial charge in [-0.2, -0.15) is 18.3 Å². The summed E-state index contributed by atoms with van der Waals surface area (Å²) in [7, 11) is 0.910. The van der Waals surface area contributed by atoms with Gasteiger partial charge in [-0.1, -0.05) is 11.6 Å². The van der Waals surface area contributed by atoms with Gasteiger partial charge in [-0.15, -0.1) is 0 Å². The first-order valence-electron chi connectivity index (χ1n) is 7.22. The van der Waals surface area contributed by atoms with Gasteiger partial charge in [-0.25, -0.2) is 4.39 Å². The molecule has 0 fully saturated rings. The van der Waals surface area contributed by atoms with E-state index in [0.717, 1.165) is 7.05 Å². The number of nitrogens with one attached hydrogen (secondary N) is 1. The fraction of sp³-hybridized carbons (Fsp3) is 0.286. The third-order valence-electron chi connectivity index (χ3n) is 3.82. The van der Waals surface area contributed by atoms with Crippen molar-refractivity contribution in [3.05, 3.63) is 32.7 Å². The van der Waals surface area contributed by atoms with Crippen LogP contribution in [0.5, 0.6) is 5.75 Å². The topological polar surface area (TPSA) is 99.3 Å². The van der Waals surface area contributed by atoms with Crippen molar-refractivity contribution >= 4 is 28.9 Å². The number of alkyl halides is 3. The largest absolute Gasteiger partial charge is 0.478 e. The Morgan fingerprint density at radius 3 is 2.59 bits per heavy atom. The number of anilines is 1. The number of hydrogen-bond donors (Lipinski definition) is 1. The predicted molar refractivity (Wildman–Crippen MR) is 84.0 cm³/mol. The Morgan fingerprint density at radius 2 is 2.07 bits per heavy atom. The molecule has 1 aliphatic rings. The van der Waals surface area contributed by atoms with Gasteiger partial charge < -0.3 is 10.1 Å². The number of carbonyl (C=O) groups is 1. The van der Waals surface area contributed by atoms with Crippen LogP contribution in [0.2, 0.25) is 5.02 Å². The molecule has 1 aromatic carbocycles. The van der Waals surface area contributed by atoms with E-state index in [1.165, 1.54) is 6.92 Å². The Labute approximate surface area is 152 Å². The highest BCUT2D eigenvalue weighted by molar-refractivity contribution is 6.34. The Morgan fingerprint density at radius 1 is 1.44 bits per heavy atom. The van der Waals surface area contributed by atoms with Crippen LogP contribution in [-0.4, -0.2) is 26.7 Å². The molecule has 1 N–H and O–H groups in total. The van der Waals surface area contributed by atoms with E-state index in [2.05, 4.69) is 10.4 Å². The predicted octanol–water partition coefficient (Wildman–Crippen LogP) is 3.53. The number of nitrogens with zero attached hydrogens (tertiary/aromatic N) is 3. The first-order chi connectivity index (χ1) is 12.4. The molecule has 0 saturated carbocycles. The number of ether oxygens (including phenoxy) is 1. The molecule has 0 saturated heterocycles. The summed E-state index contributed by atoms with van der Waals surface area (Å²) in [4.78, 5) is 22.3. The number of nitro groups is 1. The van der Waals surface area contributed by atoms with E-state index in [-0.39, 0.29) is 5.75 Å². The number of halogens is 5. The second-order valence-electron chi connectivity index (χ2n) is 5.59. The summed E-state index contributed by atoms with van der Waals surface area (Å²) < 4.78 is 59.5. The zero-order valence-corrected chi connectivity index (χ0v) is 14.3. The van der Waals surface area contributed by atoms with E-state index in [1.54, 1.807) is 0 Å². The number of aromatic nitrogens is 2. The fourth-order valence-corrected chi connectivity index (χ4v) is 3.03. The molecule has 1 aliphatic heterocycles. The fourth-order valence-electron chi connectivity index (χ4n) is 2.67. The highest BCUT2D eigenvalue weighted by atomic mass is 35.5. The second-order valence-corrected chi connectivity index (χ2v) is 5.97. The smallest absolute Gasteiger partial charge is 0.434 e. The summed E-state index contributed by atoms with van der Waals surface area (Å²) in [6, 6.07) is 0.714. The van der Waals surface area contributed by atoms with Crippen molar-refractivity contribution in [1.82, 2.24) is 9.78 Å². The molecule has 1 atom stereocenters. The molecule has 0 unspecified atom stereocenters. The lowest BCUT2D eigenvalue weighted by Gasteiger charge is -2.23. The van der Waals surface area contributed by atoms with Gasteiger partial charge in [0.2, 0.25) is 0 Å². The highest BCUT2D eigenvalue weighted by Gasteiger charge is 2.42. The van der Waals surface area contributed by atoms with Crippen LogP contribution in [0.15, 0.2) is 6.07 Å². The normalized spacial score (nSPS) is 16.6. The van der Waals surface area contributed by atoms with E-state index < -0.39 is 62.3 Å². The summed E-state index contributed by atoms with van der Waals surface area (Å²) >= 11 is 5.72. The first kappa shape index (κ1) is 18.9. The number of amides is 1. The van der Waals surface area contributed by atoms with Crippen LogP contribution in [0.4, 0.5) is 28.9 Å². The first-order valence-corrected chi connectivity index (χ1v) is 7.59. The van der Waals surface area contributed by atoms with Gasteiger partial charge in [0.1, 0.15) is 17.1 Å². The van der Waals surface area contributed by atoms with E-state index in [9.17, 15) is 32.5 Å². The average Bonchev–Trinajstić information content (AvgIpc) is 2.82. The van der Waals surface area contributed by atoms with E-state index in [1.807, 2.05) is 0 Å². The van der Waals surface area contributed by atoms with Gasteiger partial charge in [-0.05, 0) is 6.92 Å². The monoisotopic (exact) mass is 408 g/mol.